The van der Waals surface area contributed by atoms with Crippen molar-refractivity contribution in [3.05, 3.63) is 99.8 Å². The number of hydrogen-bond acceptors (Lipinski definition) is 4. The lowest BCUT2D eigenvalue weighted by atomic mass is 10.1. The monoisotopic (exact) mass is 508 g/mol. The molecule has 0 aliphatic carbocycles. The van der Waals surface area contributed by atoms with Gasteiger partial charge in [-0.2, -0.15) is 0 Å². The summed E-state index contributed by atoms with van der Waals surface area (Å²) >= 11 is 6.16. The van der Waals surface area contributed by atoms with Crippen LogP contribution in [0.15, 0.2) is 66.7 Å². The highest BCUT2D eigenvalue weighted by molar-refractivity contribution is 6.31. The number of carbonyl (C=O) groups is 1. The van der Waals surface area contributed by atoms with Gasteiger partial charge in [-0.3, -0.25) is 9.69 Å². The first-order valence-electron chi connectivity index (χ1n) is 11.9. The van der Waals surface area contributed by atoms with Crippen molar-refractivity contribution in [3.8, 4) is 11.5 Å². The average Bonchev–Trinajstić information content (AvgIpc) is 2.89. The van der Waals surface area contributed by atoms with Crippen molar-refractivity contribution >= 4 is 23.6 Å². The Kier molecular flexibility index (Phi) is 8.62. The summed E-state index contributed by atoms with van der Waals surface area (Å²) in [5.74, 6) is 1.21. The predicted octanol–water partition coefficient (Wildman–Crippen LogP) is 5.73. The van der Waals surface area contributed by atoms with Crippen molar-refractivity contribution in [2.24, 2.45) is 0 Å². The number of piperazine rings is 1. The lowest BCUT2D eigenvalue weighted by Gasteiger charge is -2.34. The first-order valence-corrected chi connectivity index (χ1v) is 12.3. The number of hydrogen-bond donors (Lipinski definition) is 0. The van der Waals surface area contributed by atoms with E-state index >= 15 is 0 Å². The van der Waals surface area contributed by atoms with Crippen molar-refractivity contribution in [1.82, 2.24) is 9.80 Å². The normalized spacial score (nSPS) is 14.3. The first kappa shape index (κ1) is 25.7. The maximum Gasteiger partial charge on any atom is 0.246 e. The molecule has 0 N–H and O–H groups in total. The fourth-order valence-corrected chi connectivity index (χ4v) is 4.41. The van der Waals surface area contributed by atoms with Crippen molar-refractivity contribution in [2.45, 2.75) is 20.1 Å². The van der Waals surface area contributed by atoms with E-state index < -0.39 is 0 Å². The number of methoxy groups -OCH3 is 1. The van der Waals surface area contributed by atoms with Crippen LogP contribution in [0.3, 0.4) is 0 Å². The zero-order valence-corrected chi connectivity index (χ0v) is 21.3. The van der Waals surface area contributed by atoms with Crippen molar-refractivity contribution in [1.29, 1.82) is 0 Å². The van der Waals surface area contributed by atoms with Crippen LogP contribution in [0.5, 0.6) is 11.5 Å². The molecule has 1 aliphatic heterocycles. The third kappa shape index (κ3) is 6.65. The van der Waals surface area contributed by atoms with Gasteiger partial charge in [-0.05, 0) is 60.0 Å². The minimum Gasteiger partial charge on any atom is -0.496 e. The van der Waals surface area contributed by atoms with Gasteiger partial charge in [0.2, 0.25) is 5.91 Å². The molecule has 1 amide bonds. The molecule has 0 radical (unpaired) electrons. The fraction of sp³-hybridized carbons (Fsp3) is 0.276. The van der Waals surface area contributed by atoms with Gasteiger partial charge in [0, 0.05) is 49.4 Å². The van der Waals surface area contributed by atoms with Crippen LogP contribution < -0.4 is 9.47 Å². The second-order valence-corrected chi connectivity index (χ2v) is 9.20. The Hall–Kier alpha value is -3.35. The van der Waals surface area contributed by atoms with Crippen molar-refractivity contribution in [2.75, 3.05) is 33.3 Å². The zero-order chi connectivity index (χ0) is 25.5. The summed E-state index contributed by atoms with van der Waals surface area (Å²) in [4.78, 5) is 16.9. The van der Waals surface area contributed by atoms with Crippen LogP contribution in [0.1, 0.15) is 22.3 Å². The van der Waals surface area contributed by atoms with Gasteiger partial charge in [0.1, 0.15) is 23.9 Å². The molecule has 1 aliphatic rings. The third-order valence-corrected chi connectivity index (χ3v) is 6.64. The van der Waals surface area contributed by atoms with Crippen LogP contribution in [0, 0.1) is 12.7 Å². The smallest absolute Gasteiger partial charge is 0.246 e. The van der Waals surface area contributed by atoms with Crippen molar-refractivity contribution < 1.29 is 18.7 Å². The third-order valence-electron chi connectivity index (χ3n) is 6.29. The molecule has 3 aromatic rings. The molecular weight excluding hydrogens is 479 g/mol. The topological polar surface area (TPSA) is 42.0 Å². The summed E-state index contributed by atoms with van der Waals surface area (Å²) in [5.41, 5.74) is 3.76. The van der Waals surface area contributed by atoms with Gasteiger partial charge in [-0.25, -0.2) is 4.39 Å². The van der Waals surface area contributed by atoms with E-state index in [1.165, 1.54) is 12.1 Å². The highest BCUT2D eigenvalue weighted by atomic mass is 35.5. The second-order valence-electron chi connectivity index (χ2n) is 8.80. The van der Waals surface area contributed by atoms with Gasteiger partial charge < -0.3 is 14.4 Å². The first-order chi connectivity index (χ1) is 17.4. The molecule has 0 bridgehead atoms. The largest absolute Gasteiger partial charge is 0.496 e. The van der Waals surface area contributed by atoms with E-state index in [2.05, 4.69) is 4.90 Å². The highest BCUT2D eigenvalue weighted by Crippen LogP contribution is 2.25. The highest BCUT2D eigenvalue weighted by Gasteiger charge is 2.20. The summed E-state index contributed by atoms with van der Waals surface area (Å²) in [6.45, 7) is 5.72. The van der Waals surface area contributed by atoms with Crippen LogP contribution in [0.4, 0.5) is 4.39 Å². The standard InChI is InChI=1S/C29H30ClFN2O3/c1-21-5-3-4-6-27(21)36-20-24-17-22(7-11-28(24)35-2)8-12-29(34)33-15-13-32(14-16-33)19-23-9-10-25(31)18-26(23)30/h3-12,17-18H,13-16,19-20H2,1-2H3/b12-8+. The van der Waals surface area contributed by atoms with E-state index in [-0.39, 0.29) is 11.7 Å². The van der Waals surface area contributed by atoms with Gasteiger partial charge in [0.15, 0.2) is 0 Å². The number of benzene rings is 3. The molecule has 1 fully saturated rings. The summed E-state index contributed by atoms with van der Waals surface area (Å²) < 4.78 is 24.8. The van der Waals surface area contributed by atoms with Gasteiger partial charge in [0.25, 0.3) is 0 Å². The number of amides is 1. The average molecular weight is 509 g/mol. The molecule has 36 heavy (non-hydrogen) atoms. The van der Waals surface area contributed by atoms with Crippen LogP contribution in [-0.4, -0.2) is 49.0 Å². The van der Waals surface area contributed by atoms with E-state index in [0.29, 0.717) is 31.3 Å². The van der Waals surface area contributed by atoms with Crippen LogP contribution in [-0.2, 0) is 17.9 Å². The second kappa shape index (κ2) is 12.1. The van der Waals surface area contributed by atoms with Gasteiger partial charge in [-0.15, -0.1) is 0 Å². The molecule has 188 valence electrons. The van der Waals surface area contributed by atoms with Crippen LogP contribution in [0.25, 0.3) is 6.08 Å². The molecule has 0 unspecified atom stereocenters. The van der Waals surface area contributed by atoms with E-state index in [9.17, 15) is 9.18 Å². The van der Waals surface area contributed by atoms with Gasteiger partial charge >= 0.3 is 0 Å². The van der Waals surface area contributed by atoms with E-state index in [1.54, 1.807) is 19.3 Å². The van der Waals surface area contributed by atoms with E-state index in [1.807, 2.05) is 60.4 Å². The Balaban J connectivity index is 1.33. The van der Waals surface area contributed by atoms with Gasteiger partial charge in [-0.1, -0.05) is 41.9 Å². The Bertz CT molecular complexity index is 1240. The Morgan fingerprint density at radius 1 is 1.00 bits per heavy atom. The molecule has 0 aromatic heterocycles. The number of ether oxygens (including phenoxy) is 2. The van der Waals surface area contributed by atoms with E-state index in [4.69, 9.17) is 21.1 Å². The van der Waals surface area contributed by atoms with Gasteiger partial charge in [0.05, 0.1) is 7.11 Å². The fourth-order valence-electron chi connectivity index (χ4n) is 4.18. The summed E-state index contributed by atoms with van der Waals surface area (Å²) in [6.07, 6.45) is 3.43. The minimum atomic E-state index is -0.339. The number of para-hydroxylation sites is 1. The number of aryl methyl sites for hydroxylation is 1. The molecule has 5 nitrogen and oxygen atoms in total. The Morgan fingerprint density at radius 2 is 1.78 bits per heavy atom. The summed E-state index contributed by atoms with van der Waals surface area (Å²) in [5, 5.41) is 0.430. The van der Waals surface area contributed by atoms with Crippen LogP contribution in [0.2, 0.25) is 5.02 Å². The number of nitrogens with zero attached hydrogens (tertiary/aromatic N) is 2. The number of halogens is 2. The Labute approximate surface area is 216 Å². The molecular formula is C29H30ClFN2O3. The lowest BCUT2D eigenvalue weighted by molar-refractivity contribution is -0.127. The number of carbonyl (C=O) groups excluding carboxylic acids is 1. The molecule has 7 heteroatoms. The molecule has 0 spiro atoms. The predicted molar refractivity (Wildman–Crippen MR) is 141 cm³/mol. The molecule has 4 rings (SSSR count). The Morgan fingerprint density at radius 3 is 2.50 bits per heavy atom. The van der Waals surface area contributed by atoms with Crippen LogP contribution >= 0.6 is 11.6 Å². The zero-order valence-electron chi connectivity index (χ0n) is 20.5. The molecule has 0 atom stereocenters. The molecule has 1 heterocycles. The quantitative estimate of drug-likeness (QED) is 0.364. The molecule has 1 saturated heterocycles. The molecule has 0 saturated carbocycles. The maximum atomic E-state index is 13.3. The van der Waals surface area contributed by atoms with Crippen molar-refractivity contribution in [3.63, 3.8) is 0 Å². The maximum absolute atomic E-state index is 13.3. The SMILES string of the molecule is COc1ccc(/C=C/C(=O)N2CCN(Cc3ccc(F)cc3Cl)CC2)cc1COc1ccccc1C. The number of rotatable bonds is 8. The summed E-state index contributed by atoms with van der Waals surface area (Å²) in [6, 6.07) is 18.1. The summed E-state index contributed by atoms with van der Waals surface area (Å²) in [7, 11) is 1.63. The molecule has 3 aromatic carbocycles. The minimum absolute atomic E-state index is 0.0250. The lowest BCUT2D eigenvalue weighted by Crippen LogP contribution is -2.47. The van der Waals surface area contributed by atoms with E-state index in [0.717, 1.165) is 46.8 Å².